The van der Waals surface area contributed by atoms with Gasteiger partial charge in [-0.25, -0.2) is 4.39 Å². The summed E-state index contributed by atoms with van der Waals surface area (Å²) in [6.07, 6.45) is 3.44. The topological polar surface area (TPSA) is 8.17 Å². The van der Waals surface area contributed by atoms with Crippen LogP contribution in [-0.4, -0.2) is 22.6 Å². The molecule has 1 aromatic carbocycles. The number of aryl methyl sites for hydroxylation is 1. The molecule has 2 nitrogen and oxygen atoms in total. The third kappa shape index (κ3) is 1.81. The molecule has 118 valence electrons. The number of benzene rings is 1. The maximum absolute atomic E-state index is 15.0. The molecule has 1 fully saturated rings. The molecule has 4 rings (SSSR count). The molecule has 0 spiro atoms. The van der Waals surface area contributed by atoms with Gasteiger partial charge in [0.1, 0.15) is 5.82 Å². The fraction of sp³-hybridized carbons (Fsp3) is 0.579. The molecule has 22 heavy (non-hydrogen) atoms. The zero-order valence-electron chi connectivity index (χ0n) is 14.0. The third-order valence-corrected chi connectivity index (χ3v) is 5.41. The smallest absolute Gasteiger partial charge is 0.135 e. The van der Waals surface area contributed by atoms with Gasteiger partial charge in [0.25, 0.3) is 0 Å². The van der Waals surface area contributed by atoms with Crippen LogP contribution in [0.2, 0.25) is 0 Å². The predicted octanol–water partition coefficient (Wildman–Crippen LogP) is 4.54. The Morgan fingerprint density at radius 3 is 2.68 bits per heavy atom. The van der Waals surface area contributed by atoms with Crippen LogP contribution in [0.25, 0.3) is 10.9 Å². The fourth-order valence-electron chi connectivity index (χ4n) is 4.56. The van der Waals surface area contributed by atoms with E-state index in [0.29, 0.717) is 6.04 Å². The van der Waals surface area contributed by atoms with E-state index in [-0.39, 0.29) is 11.4 Å². The first-order valence-electron chi connectivity index (χ1n) is 8.46. The van der Waals surface area contributed by atoms with E-state index in [1.807, 2.05) is 13.0 Å². The van der Waals surface area contributed by atoms with Gasteiger partial charge in [-0.15, -0.1) is 0 Å². The highest BCUT2D eigenvalue weighted by atomic mass is 19.1. The largest absolute Gasteiger partial charge is 0.339 e. The van der Waals surface area contributed by atoms with Gasteiger partial charge in [0, 0.05) is 41.2 Å². The van der Waals surface area contributed by atoms with Crippen LogP contribution in [0.5, 0.6) is 0 Å². The Balaban J connectivity index is 2.12. The third-order valence-electron chi connectivity index (χ3n) is 5.41. The van der Waals surface area contributed by atoms with E-state index >= 15 is 4.39 Å². The molecular formula is C19H25FN2. The molecule has 1 atom stereocenters. The first-order valence-corrected chi connectivity index (χ1v) is 8.46. The summed E-state index contributed by atoms with van der Waals surface area (Å²) in [5.74, 6) is -0.00880. The second-order valence-electron chi connectivity index (χ2n) is 7.90. The highest BCUT2D eigenvalue weighted by molar-refractivity contribution is 5.88. The summed E-state index contributed by atoms with van der Waals surface area (Å²) in [5, 5.41) is 0.890. The van der Waals surface area contributed by atoms with Crippen molar-refractivity contribution in [2.24, 2.45) is 0 Å². The summed E-state index contributed by atoms with van der Waals surface area (Å²) < 4.78 is 17.4. The minimum atomic E-state index is -0.0195. The van der Waals surface area contributed by atoms with E-state index in [0.717, 1.165) is 29.4 Å². The Bertz CT molecular complexity index is 751. The monoisotopic (exact) mass is 300 g/mol. The molecule has 3 heterocycles. The van der Waals surface area contributed by atoms with Crippen molar-refractivity contribution in [2.45, 2.75) is 58.5 Å². The van der Waals surface area contributed by atoms with Crippen molar-refractivity contribution in [2.75, 3.05) is 13.1 Å². The molecule has 0 saturated carbocycles. The summed E-state index contributed by atoms with van der Waals surface area (Å²) in [5.41, 5.74) is 4.48. The van der Waals surface area contributed by atoms with Gasteiger partial charge in [-0.2, -0.15) is 0 Å². The Hall–Kier alpha value is -1.35. The fourth-order valence-corrected chi connectivity index (χ4v) is 4.56. The summed E-state index contributed by atoms with van der Waals surface area (Å²) in [7, 11) is 0. The molecule has 0 N–H and O–H groups in total. The molecule has 0 amide bonds. The number of nitrogens with zero attached hydrogens (tertiary/aromatic N) is 2. The SMILES string of the molecule is Cc1ccc2c(c1F)c1c(n2C(C)(C)C)CCN2CCCC12. The zero-order chi connectivity index (χ0) is 15.6. The van der Waals surface area contributed by atoms with Gasteiger partial charge < -0.3 is 4.57 Å². The lowest BCUT2D eigenvalue weighted by molar-refractivity contribution is 0.237. The first kappa shape index (κ1) is 14.3. The molecule has 2 aliphatic heterocycles. The average Bonchev–Trinajstić information content (AvgIpc) is 3.02. The second-order valence-corrected chi connectivity index (χ2v) is 7.90. The van der Waals surface area contributed by atoms with Crippen molar-refractivity contribution in [3.8, 4) is 0 Å². The predicted molar refractivity (Wildman–Crippen MR) is 88.9 cm³/mol. The van der Waals surface area contributed by atoms with Gasteiger partial charge in [-0.1, -0.05) is 6.07 Å². The number of aromatic nitrogens is 1. The van der Waals surface area contributed by atoms with Gasteiger partial charge in [0.2, 0.25) is 0 Å². The van der Waals surface area contributed by atoms with E-state index < -0.39 is 0 Å². The zero-order valence-corrected chi connectivity index (χ0v) is 14.0. The minimum absolute atomic E-state index is 0.00880. The molecular weight excluding hydrogens is 275 g/mol. The van der Waals surface area contributed by atoms with Crippen molar-refractivity contribution in [1.29, 1.82) is 0 Å². The van der Waals surface area contributed by atoms with Crippen LogP contribution in [0.1, 0.15) is 56.5 Å². The van der Waals surface area contributed by atoms with Gasteiger partial charge >= 0.3 is 0 Å². The standard InChI is InChI=1S/C19H25FN2/c1-12-7-8-14-17(18(12)20)16-13-6-5-10-21(13)11-9-15(16)22(14)19(2,3)4/h7-8,13H,5-6,9-11H2,1-4H3. The summed E-state index contributed by atoms with van der Waals surface area (Å²) >= 11 is 0. The van der Waals surface area contributed by atoms with E-state index in [4.69, 9.17) is 0 Å². The minimum Gasteiger partial charge on any atom is -0.339 e. The molecule has 3 heteroatoms. The number of hydrogen-bond acceptors (Lipinski definition) is 1. The lowest BCUT2D eigenvalue weighted by atomic mass is 9.94. The summed E-state index contributed by atoms with van der Waals surface area (Å²) in [6.45, 7) is 10.8. The Morgan fingerprint density at radius 2 is 1.95 bits per heavy atom. The van der Waals surface area contributed by atoms with Crippen molar-refractivity contribution in [3.63, 3.8) is 0 Å². The van der Waals surface area contributed by atoms with Crippen molar-refractivity contribution in [1.82, 2.24) is 9.47 Å². The van der Waals surface area contributed by atoms with Gasteiger partial charge in [-0.3, -0.25) is 4.90 Å². The quantitative estimate of drug-likeness (QED) is 0.693. The summed E-state index contributed by atoms with van der Waals surface area (Å²) in [6, 6.07) is 4.47. The Labute approximate surface area is 131 Å². The molecule has 0 bridgehead atoms. The summed E-state index contributed by atoms with van der Waals surface area (Å²) in [4.78, 5) is 2.55. The van der Waals surface area contributed by atoms with Crippen LogP contribution in [0.4, 0.5) is 4.39 Å². The molecule has 1 aromatic heterocycles. The van der Waals surface area contributed by atoms with Crippen molar-refractivity contribution >= 4 is 10.9 Å². The molecule has 0 aliphatic carbocycles. The maximum Gasteiger partial charge on any atom is 0.135 e. The van der Waals surface area contributed by atoms with Crippen molar-refractivity contribution in [3.05, 3.63) is 34.8 Å². The van der Waals surface area contributed by atoms with E-state index in [2.05, 4.69) is 36.3 Å². The maximum atomic E-state index is 15.0. The molecule has 1 saturated heterocycles. The van der Waals surface area contributed by atoms with Crippen LogP contribution in [0.15, 0.2) is 12.1 Å². The number of rotatable bonds is 0. The van der Waals surface area contributed by atoms with Gasteiger partial charge in [-0.05, 0) is 58.7 Å². The van der Waals surface area contributed by atoms with Gasteiger partial charge in [0.05, 0.1) is 5.52 Å². The Kier molecular flexibility index (Phi) is 2.96. The Morgan fingerprint density at radius 1 is 1.18 bits per heavy atom. The van der Waals surface area contributed by atoms with Crippen LogP contribution in [-0.2, 0) is 12.0 Å². The molecule has 2 aliphatic rings. The van der Waals surface area contributed by atoms with Crippen LogP contribution in [0, 0.1) is 12.7 Å². The first-order chi connectivity index (χ1) is 10.4. The van der Waals surface area contributed by atoms with E-state index in [1.54, 1.807) is 0 Å². The van der Waals surface area contributed by atoms with Crippen LogP contribution >= 0.6 is 0 Å². The van der Waals surface area contributed by atoms with Gasteiger partial charge in [0.15, 0.2) is 0 Å². The molecule has 0 radical (unpaired) electrons. The second kappa shape index (κ2) is 4.58. The number of fused-ring (bicyclic) bond motifs is 5. The van der Waals surface area contributed by atoms with E-state index in [9.17, 15) is 0 Å². The lowest BCUT2D eigenvalue weighted by Gasteiger charge is -2.33. The highest BCUT2D eigenvalue weighted by Crippen LogP contribution is 2.45. The molecule has 1 unspecified atom stereocenters. The average molecular weight is 300 g/mol. The van der Waals surface area contributed by atoms with Crippen molar-refractivity contribution < 1.29 is 4.39 Å². The van der Waals surface area contributed by atoms with Crippen LogP contribution < -0.4 is 0 Å². The number of hydrogen-bond donors (Lipinski definition) is 0. The normalized spacial score (nSPS) is 22.1. The highest BCUT2D eigenvalue weighted by Gasteiger charge is 2.38. The lowest BCUT2D eigenvalue weighted by Crippen LogP contribution is -2.33. The van der Waals surface area contributed by atoms with E-state index in [1.165, 1.54) is 30.6 Å². The number of halogens is 1. The molecule has 2 aromatic rings. The van der Waals surface area contributed by atoms with Crippen LogP contribution in [0.3, 0.4) is 0 Å².